The third-order valence-electron chi connectivity index (χ3n) is 4.74. The van der Waals surface area contributed by atoms with Gasteiger partial charge in [0.25, 0.3) is 0 Å². The number of likely N-dealkylation sites (tertiary alicyclic amines) is 1. The maximum atomic E-state index is 11.6. The predicted octanol–water partition coefficient (Wildman–Crippen LogP) is 1.12. The van der Waals surface area contributed by atoms with Gasteiger partial charge in [0.1, 0.15) is 0 Å². The van der Waals surface area contributed by atoms with Crippen LogP contribution in [-0.4, -0.2) is 81.3 Å². The molecule has 2 saturated heterocycles. The van der Waals surface area contributed by atoms with Gasteiger partial charge in [-0.3, -0.25) is 4.99 Å². The summed E-state index contributed by atoms with van der Waals surface area (Å²) in [6, 6.07) is 0. The van der Waals surface area contributed by atoms with Gasteiger partial charge < -0.3 is 15.0 Å². The lowest BCUT2D eigenvalue weighted by atomic mass is 10.1. The average Bonchev–Trinajstić information content (AvgIpc) is 2.97. The van der Waals surface area contributed by atoms with Crippen molar-refractivity contribution in [1.82, 2.24) is 14.5 Å². The van der Waals surface area contributed by atoms with Crippen LogP contribution in [0.2, 0.25) is 0 Å². The summed E-state index contributed by atoms with van der Waals surface area (Å²) in [5.74, 6) is 1.25. The number of ether oxygens (including phenoxy) is 1. The molecule has 0 bridgehead atoms. The van der Waals surface area contributed by atoms with E-state index in [1.54, 1.807) is 11.4 Å². The monoisotopic (exact) mass is 374 g/mol. The molecule has 2 aliphatic heterocycles. The Morgan fingerprint density at radius 1 is 1.20 bits per heavy atom. The van der Waals surface area contributed by atoms with Gasteiger partial charge in [-0.1, -0.05) is 0 Å². The highest BCUT2D eigenvalue weighted by Crippen LogP contribution is 2.21. The molecule has 0 saturated carbocycles. The maximum Gasteiger partial charge on any atom is 0.211 e. The number of nitrogens with zero attached hydrogens (tertiary/aromatic N) is 3. The molecule has 8 heteroatoms. The Hall–Kier alpha value is -0.860. The summed E-state index contributed by atoms with van der Waals surface area (Å²) in [5.41, 5.74) is -0.0965. The van der Waals surface area contributed by atoms with Crippen molar-refractivity contribution >= 4 is 16.0 Å². The third-order valence-corrected chi connectivity index (χ3v) is 6.01. The normalized spacial score (nSPS) is 24.8. The number of guanidine groups is 1. The van der Waals surface area contributed by atoms with Gasteiger partial charge in [0.2, 0.25) is 10.0 Å². The van der Waals surface area contributed by atoms with Gasteiger partial charge in [-0.2, -0.15) is 0 Å². The Labute approximate surface area is 152 Å². The van der Waals surface area contributed by atoms with Crippen molar-refractivity contribution < 1.29 is 13.2 Å². The highest BCUT2D eigenvalue weighted by atomic mass is 32.2. The molecule has 1 N–H and O–H groups in total. The zero-order valence-electron chi connectivity index (χ0n) is 16.3. The van der Waals surface area contributed by atoms with E-state index in [0.29, 0.717) is 25.1 Å². The fraction of sp³-hybridized carbons (Fsp3) is 0.941. The molecule has 7 nitrogen and oxygen atoms in total. The molecular weight excluding hydrogens is 340 g/mol. The molecule has 2 aliphatic rings. The van der Waals surface area contributed by atoms with Crippen LogP contribution in [0.25, 0.3) is 0 Å². The van der Waals surface area contributed by atoms with E-state index < -0.39 is 10.0 Å². The summed E-state index contributed by atoms with van der Waals surface area (Å²) in [7, 11) is -1.27. The van der Waals surface area contributed by atoms with Crippen LogP contribution in [0.5, 0.6) is 0 Å². The number of piperidine rings is 1. The quantitative estimate of drug-likeness (QED) is 0.590. The molecule has 25 heavy (non-hydrogen) atoms. The third kappa shape index (κ3) is 6.42. The Morgan fingerprint density at radius 3 is 2.32 bits per heavy atom. The number of rotatable bonds is 4. The van der Waals surface area contributed by atoms with Crippen molar-refractivity contribution in [2.24, 2.45) is 10.9 Å². The van der Waals surface area contributed by atoms with E-state index in [9.17, 15) is 8.42 Å². The summed E-state index contributed by atoms with van der Waals surface area (Å²) in [6.45, 7) is 10.1. The first-order valence-corrected chi connectivity index (χ1v) is 11.0. The van der Waals surface area contributed by atoms with Gasteiger partial charge in [0.05, 0.1) is 18.0 Å². The van der Waals surface area contributed by atoms with E-state index in [2.05, 4.69) is 36.0 Å². The summed E-state index contributed by atoms with van der Waals surface area (Å²) in [4.78, 5) is 6.67. The molecule has 0 aromatic carbocycles. The first-order valence-electron chi connectivity index (χ1n) is 9.17. The first-order chi connectivity index (χ1) is 11.6. The van der Waals surface area contributed by atoms with Gasteiger partial charge in [-0.25, -0.2) is 12.7 Å². The zero-order valence-corrected chi connectivity index (χ0v) is 17.1. The van der Waals surface area contributed by atoms with Crippen molar-refractivity contribution in [2.45, 2.75) is 51.7 Å². The van der Waals surface area contributed by atoms with Crippen molar-refractivity contribution in [3.63, 3.8) is 0 Å². The minimum absolute atomic E-state index is 0.0965. The maximum absolute atomic E-state index is 11.6. The standard InChI is InChI=1S/C17H34N4O3S/c1-17(2,3)24-15-7-9-20(10-8-15)16(18-4)19-12-14-6-11-21(13-14)25(5,22)23/h14-15H,6-13H2,1-5H3,(H,18,19). The number of hydrogen-bond donors (Lipinski definition) is 1. The van der Waals surface area contributed by atoms with Gasteiger partial charge >= 0.3 is 0 Å². The molecule has 0 spiro atoms. The number of aliphatic imine (C=N–C) groups is 1. The lowest BCUT2D eigenvalue weighted by Gasteiger charge is -2.37. The number of hydrogen-bond acceptors (Lipinski definition) is 4. The molecule has 0 aromatic rings. The molecule has 0 radical (unpaired) electrons. The minimum Gasteiger partial charge on any atom is -0.372 e. The largest absolute Gasteiger partial charge is 0.372 e. The van der Waals surface area contributed by atoms with Crippen LogP contribution < -0.4 is 5.32 Å². The molecular formula is C17H34N4O3S. The van der Waals surface area contributed by atoms with E-state index >= 15 is 0 Å². The Bertz CT molecular complexity index is 563. The average molecular weight is 375 g/mol. The lowest BCUT2D eigenvalue weighted by Crippen LogP contribution is -2.48. The molecule has 2 rings (SSSR count). The second-order valence-corrected chi connectivity index (χ2v) is 10.1. The first kappa shape index (κ1) is 20.5. The number of nitrogens with one attached hydrogen (secondary N) is 1. The Balaban J connectivity index is 1.77. The molecule has 0 amide bonds. The van der Waals surface area contributed by atoms with Crippen LogP contribution >= 0.6 is 0 Å². The Morgan fingerprint density at radius 2 is 1.84 bits per heavy atom. The predicted molar refractivity (Wildman–Crippen MR) is 101 cm³/mol. The molecule has 0 aliphatic carbocycles. The second-order valence-electron chi connectivity index (χ2n) is 8.12. The van der Waals surface area contributed by atoms with E-state index in [1.807, 2.05) is 0 Å². The van der Waals surface area contributed by atoms with Crippen LogP contribution in [0.1, 0.15) is 40.0 Å². The highest BCUT2D eigenvalue weighted by Gasteiger charge is 2.29. The molecule has 2 heterocycles. The molecule has 2 fully saturated rings. The van der Waals surface area contributed by atoms with Crippen molar-refractivity contribution in [3.8, 4) is 0 Å². The number of sulfonamides is 1. The van der Waals surface area contributed by atoms with Crippen molar-refractivity contribution in [3.05, 3.63) is 0 Å². The van der Waals surface area contributed by atoms with E-state index in [4.69, 9.17) is 4.74 Å². The van der Waals surface area contributed by atoms with Crippen LogP contribution in [0.4, 0.5) is 0 Å². The fourth-order valence-electron chi connectivity index (χ4n) is 3.52. The Kier molecular flexibility index (Phi) is 6.73. The molecule has 1 atom stereocenters. The van der Waals surface area contributed by atoms with Gasteiger partial charge in [-0.05, 0) is 46.0 Å². The van der Waals surface area contributed by atoms with Gasteiger partial charge in [0, 0.05) is 39.8 Å². The van der Waals surface area contributed by atoms with Crippen molar-refractivity contribution in [1.29, 1.82) is 0 Å². The van der Waals surface area contributed by atoms with Crippen LogP contribution in [0, 0.1) is 5.92 Å². The van der Waals surface area contributed by atoms with Crippen LogP contribution in [0.3, 0.4) is 0 Å². The summed E-state index contributed by atoms with van der Waals surface area (Å²) < 4.78 is 30.9. The topological polar surface area (TPSA) is 74.2 Å². The molecule has 0 aromatic heterocycles. The zero-order chi connectivity index (χ0) is 18.7. The minimum atomic E-state index is -3.07. The van der Waals surface area contributed by atoms with E-state index in [0.717, 1.165) is 44.9 Å². The molecule has 146 valence electrons. The smallest absolute Gasteiger partial charge is 0.211 e. The van der Waals surface area contributed by atoms with E-state index in [1.165, 1.54) is 6.26 Å². The second kappa shape index (κ2) is 8.22. The fourth-order valence-corrected chi connectivity index (χ4v) is 4.44. The van der Waals surface area contributed by atoms with Crippen LogP contribution in [0.15, 0.2) is 4.99 Å². The summed E-state index contributed by atoms with van der Waals surface area (Å²) >= 11 is 0. The highest BCUT2D eigenvalue weighted by molar-refractivity contribution is 7.88. The van der Waals surface area contributed by atoms with Gasteiger partial charge in [-0.15, -0.1) is 0 Å². The summed E-state index contributed by atoms with van der Waals surface area (Å²) in [6.07, 6.45) is 4.50. The summed E-state index contributed by atoms with van der Waals surface area (Å²) in [5, 5.41) is 3.43. The lowest BCUT2D eigenvalue weighted by molar-refractivity contribution is -0.0772. The van der Waals surface area contributed by atoms with Gasteiger partial charge in [0.15, 0.2) is 5.96 Å². The van der Waals surface area contributed by atoms with Crippen LogP contribution in [-0.2, 0) is 14.8 Å². The van der Waals surface area contributed by atoms with Crippen molar-refractivity contribution in [2.75, 3.05) is 46.0 Å². The SMILES string of the molecule is CN=C(NCC1CCN(S(C)(=O)=O)C1)N1CCC(OC(C)(C)C)CC1. The molecule has 1 unspecified atom stereocenters. The van der Waals surface area contributed by atoms with E-state index in [-0.39, 0.29) is 5.60 Å².